The Balaban J connectivity index is 1.25. The molecule has 3 atom stereocenters. The number of carbonyl (C=O) groups excluding carboxylic acids is 2. The number of anilines is 2. The molecule has 1 fully saturated rings. The van der Waals surface area contributed by atoms with Gasteiger partial charge in [-0.3, -0.25) is 14.3 Å². The molecule has 10 nitrogen and oxygen atoms in total. The summed E-state index contributed by atoms with van der Waals surface area (Å²) in [4.78, 5) is 27.8. The van der Waals surface area contributed by atoms with E-state index in [0.717, 1.165) is 30.6 Å². The van der Waals surface area contributed by atoms with Crippen molar-refractivity contribution >= 4 is 23.2 Å². The van der Waals surface area contributed by atoms with Crippen LogP contribution in [0.2, 0.25) is 0 Å². The summed E-state index contributed by atoms with van der Waals surface area (Å²) in [5.41, 5.74) is 1.94. The van der Waals surface area contributed by atoms with Crippen molar-refractivity contribution in [3.05, 3.63) is 83.7 Å². The van der Waals surface area contributed by atoms with Gasteiger partial charge >= 0.3 is 0 Å². The summed E-state index contributed by atoms with van der Waals surface area (Å²) >= 11 is 0. The molecular formula is C30H36N6O4. The van der Waals surface area contributed by atoms with Gasteiger partial charge in [-0.05, 0) is 49.6 Å². The van der Waals surface area contributed by atoms with Crippen LogP contribution in [0.15, 0.2) is 66.9 Å². The lowest BCUT2D eigenvalue weighted by Gasteiger charge is -2.27. The van der Waals surface area contributed by atoms with Gasteiger partial charge in [0.1, 0.15) is 0 Å². The van der Waals surface area contributed by atoms with E-state index in [1.165, 1.54) is 0 Å². The number of hydrogen-bond donors (Lipinski definition) is 4. The van der Waals surface area contributed by atoms with Crippen molar-refractivity contribution in [2.24, 2.45) is 5.92 Å². The number of hydrogen-bond acceptors (Lipinski definition) is 7. The van der Waals surface area contributed by atoms with E-state index >= 15 is 0 Å². The molecule has 5 rings (SSSR count). The summed E-state index contributed by atoms with van der Waals surface area (Å²) in [6.45, 7) is 3.64. The number of aliphatic hydroxyl groups excluding tert-OH is 1. The number of benzene rings is 2. The molecule has 3 heterocycles. The van der Waals surface area contributed by atoms with Crippen LogP contribution in [0.1, 0.15) is 43.0 Å². The molecule has 4 N–H and O–H groups in total. The Labute approximate surface area is 233 Å². The maximum absolute atomic E-state index is 13.7. The van der Waals surface area contributed by atoms with E-state index in [9.17, 15) is 14.7 Å². The molecule has 2 aliphatic heterocycles. The zero-order valence-electron chi connectivity index (χ0n) is 22.7. The number of rotatable bonds is 11. The molecule has 0 saturated carbocycles. The van der Waals surface area contributed by atoms with Gasteiger partial charge < -0.3 is 25.7 Å². The van der Waals surface area contributed by atoms with Crippen LogP contribution in [-0.4, -0.2) is 56.2 Å². The van der Waals surface area contributed by atoms with Crippen LogP contribution in [0.4, 0.5) is 11.4 Å². The fraction of sp³-hybridized carbons (Fsp3) is 0.400. The molecule has 0 unspecified atom stereocenters. The van der Waals surface area contributed by atoms with E-state index in [1.54, 1.807) is 9.58 Å². The predicted octanol–water partition coefficient (Wildman–Crippen LogP) is 2.52. The van der Waals surface area contributed by atoms with Crippen molar-refractivity contribution in [2.45, 2.75) is 57.3 Å². The summed E-state index contributed by atoms with van der Waals surface area (Å²) in [6, 6.07) is 14.7. The number of amides is 2. The third-order valence-electron chi connectivity index (χ3n) is 7.68. The number of aliphatic hydroxyl groups is 2. The highest BCUT2D eigenvalue weighted by molar-refractivity contribution is 6.07. The Bertz CT molecular complexity index is 1360. The van der Waals surface area contributed by atoms with E-state index < -0.39 is 11.5 Å². The van der Waals surface area contributed by atoms with Crippen LogP contribution in [-0.2, 0) is 34.7 Å². The van der Waals surface area contributed by atoms with Gasteiger partial charge in [-0.1, -0.05) is 54.6 Å². The normalized spacial score (nSPS) is 21.2. The van der Waals surface area contributed by atoms with E-state index in [0.29, 0.717) is 42.9 Å². The smallest absolute Gasteiger partial charge is 0.264 e. The number of aromatic nitrogens is 3. The maximum Gasteiger partial charge on any atom is 0.264 e. The summed E-state index contributed by atoms with van der Waals surface area (Å²) in [5.74, 6) is -0.858. The topological polar surface area (TPSA) is 133 Å². The van der Waals surface area contributed by atoms with Crippen LogP contribution in [0, 0.1) is 5.92 Å². The summed E-state index contributed by atoms with van der Waals surface area (Å²) in [5, 5.41) is 35.1. The van der Waals surface area contributed by atoms with Gasteiger partial charge in [-0.25, -0.2) is 0 Å². The number of fused-ring (bicyclic) bond motifs is 1. The van der Waals surface area contributed by atoms with Crippen molar-refractivity contribution in [2.75, 3.05) is 23.4 Å². The van der Waals surface area contributed by atoms with E-state index in [1.807, 2.05) is 73.8 Å². The Morgan fingerprint density at radius 2 is 2.05 bits per heavy atom. The molecule has 0 aliphatic carbocycles. The predicted molar refractivity (Wildman–Crippen MR) is 151 cm³/mol. The minimum absolute atomic E-state index is 0.0308. The van der Waals surface area contributed by atoms with Gasteiger partial charge in [0.2, 0.25) is 5.91 Å². The lowest BCUT2D eigenvalue weighted by Crippen LogP contribution is -2.44. The van der Waals surface area contributed by atoms with Gasteiger partial charge in [0.25, 0.3) is 5.91 Å². The Kier molecular flexibility index (Phi) is 8.39. The average molecular weight is 545 g/mol. The first-order chi connectivity index (χ1) is 19.4. The standard InChI is InChI=1S/C30H36N6O4/c1-21(7-4-5-17-35-20-24(15-18-37)33-34-35)30(40)25-8-2-3-10-27(25)36(29(30)39)19-22-11-13-23(14-12-22)32-28(38)26-9-6-16-31-26/h2-4,7-8,10-14,20-21,26,31,37,40H,5-6,9,15-19H2,1H3,(H,32,38)/b7-4+/t21-,26+,30+/m0/s1. The summed E-state index contributed by atoms with van der Waals surface area (Å²) < 4.78 is 1.72. The van der Waals surface area contributed by atoms with Crippen molar-refractivity contribution in [1.82, 2.24) is 20.3 Å². The quantitative estimate of drug-likeness (QED) is 0.273. The fourth-order valence-corrected chi connectivity index (χ4v) is 5.40. The van der Waals surface area contributed by atoms with Gasteiger partial charge in [0.15, 0.2) is 5.60 Å². The first-order valence-electron chi connectivity index (χ1n) is 13.8. The zero-order valence-corrected chi connectivity index (χ0v) is 22.7. The van der Waals surface area contributed by atoms with Crippen LogP contribution < -0.4 is 15.5 Å². The van der Waals surface area contributed by atoms with Gasteiger partial charge in [0.05, 0.1) is 24.0 Å². The Hall–Kier alpha value is -3.86. The number of allylic oxidation sites excluding steroid dienone is 1. The van der Waals surface area contributed by atoms with E-state index in [2.05, 4.69) is 20.9 Å². The first kappa shape index (κ1) is 27.7. The zero-order chi connectivity index (χ0) is 28.1. The first-order valence-corrected chi connectivity index (χ1v) is 13.8. The van der Waals surface area contributed by atoms with Crippen molar-refractivity contribution in [1.29, 1.82) is 0 Å². The lowest BCUT2D eigenvalue weighted by atomic mass is 9.83. The largest absolute Gasteiger partial charge is 0.396 e. The van der Waals surface area contributed by atoms with Gasteiger partial charge in [0, 0.05) is 42.9 Å². The van der Waals surface area contributed by atoms with Crippen molar-refractivity contribution in [3.8, 4) is 0 Å². The minimum Gasteiger partial charge on any atom is -0.396 e. The highest BCUT2D eigenvalue weighted by Gasteiger charge is 2.52. The number of carbonyl (C=O) groups is 2. The molecular weight excluding hydrogens is 508 g/mol. The molecule has 2 aromatic carbocycles. The molecule has 2 amide bonds. The second-order valence-electron chi connectivity index (χ2n) is 10.5. The van der Waals surface area contributed by atoms with Crippen LogP contribution in [0.3, 0.4) is 0 Å². The molecule has 2 aliphatic rings. The number of nitrogens with one attached hydrogen (secondary N) is 2. The monoisotopic (exact) mass is 544 g/mol. The highest BCUT2D eigenvalue weighted by Crippen LogP contribution is 2.45. The summed E-state index contributed by atoms with van der Waals surface area (Å²) in [6.07, 6.45) is 8.59. The number of para-hydroxylation sites is 1. The van der Waals surface area contributed by atoms with Gasteiger partial charge in [-0.2, -0.15) is 0 Å². The van der Waals surface area contributed by atoms with Crippen molar-refractivity contribution in [3.63, 3.8) is 0 Å². The second kappa shape index (κ2) is 12.1. The lowest BCUT2D eigenvalue weighted by molar-refractivity contribution is -0.139. The molecule has 1 saturated heterocycles. The third-order valence-corrected chi connectivity index (χ3v) is 7.68. The fourth-order valence-electron chi connectivity index (χ4n) is 5.40. The molecule has 0 bridgehead atoms. The van der Waals surface area contributed by atoms with Crippen LogP contribution in [0.25, 0.3) is 0 Å². The number of nitrogens with zero attached hydrogens (tertiary/aromatic N) is 4. The molecule has 0 radical (unpaired) electrons. The molecule has 1 aromatic heterocycles. The third kappa shape index (κ3) is 5.70. The van der Waals surface area contributed by atoms with E-state index in [-0.39, 0.29) is 24.5 Å². The Morgan fingerprint density at radius 3 is 2.80 bits per heavy atom. The molecule has 0 spiro atoms. The minimum atomic E-state index is -1.68. The number of aryl methyl sites for hydroxylation is 1. The van der Waals surface area contributed by atoms with Crippen molar-refractivity contribution < 1.29 is 19.8 Å². The summed E-state index contributed by atoms with van der Waals surface area (Å²) in [7, 11) is 0. The average Bonchev–Trinajstić information content (AvgIpc) is 3.71. The van der Waals surface area contributed by atoms with E-state index in [4.69, 9.17) is 5.11 Å². The van der Waals surface area contributed by atoms with Crippen LogP contribution >= 0.6 is 0 Å². The SMILES string of the molecule is C[C@@H](/C=C/CCn1cc(CCO)nn1)[C@]1(O)C(=O)N(Cc2ccc(NC(=O)[C@H]3CCCN3)cc2)c2ccccc21. The molecule has 40 heavy (non-hydrogen) atoms. The second-order valence-corrected chi connectivity index (χ2v) is 10.5. The molecule has 10 heteroatoms. The van der Waals surface area contributed by atoms with Gasteiger partial charge in [-0.15, -0.1) is 5.10 Å². The van der Waals surface area contributed by atoms with Crippen LogP contribution in [0.5, 0.6) is 0 Å². The maximum atomic E-state index is 13.7. The molecule has 3 aromatic rings. The highest BCUT2D eigenvalue weighted by atomic mass is 16.3. The Morgan fingerprint density at radius 1 is 1.25 bits per heavy atom. The molecule has 210 valence electrons.